The molecule has 2 rings (SSSR count). The zero-order valence-electron chi connectivity index (χ0n) is 9.34. The monoisotopic (exact) mass is 219 g/mol. The van der Waals surface area contributed by atoms with Crippen LogP contribution >= 0.6 is 0 Å². The molecule has 0 aliphatic carbocycles. The molecule has 0 unspecified atom stereocenters. The Balaban J connectivity index is 2.10. The Labute approximate surface area is 93.7 Å². The van der Waals surface area contributed by atoms with Gasteiger partial charge in [-0.15, -0.1) is 0 Å². The van der Waals surface area contributed by atoms with Crippen LogP contribution < -0.4 is 5.32 Å². The molecule has 0 saturated heterocycles. The quantitative estimate of drug-likeness (QED) is 0.833. The van der Waals surface area contributed by atoms with E-state index in [1.165, 1.54) is 6.07 Å². The van der Waals surface area contributed by atoms with Gasteiger partial charge in [0.1, 0.15) is 5.82 Å². The average Bonchev–Trinajstić information content (AvgIpc) is 2.66. The van der Waals surface area contributed by atoms with E-state index in [1.54, 1.807) is 18.3 Å². The lowest BCUT2D eigenvalue weighted by Crippen LogP contribution is -2.02. The van der Waals surface area contributed by atoms with Crippen molar-refractivity contribution < 1.29 is 4.39 Å². The number of hydrogen-bond acceptors (Lipinski definition) is 2. The molecule has 0 amide bonds. The molecule has 1 aromatic heterocycles. The number of halogens is 1. The highest BCUT2D eigenvalue weighted by Crippen LogP contribution is 2.16. The van der Waals surface area contributed by atoms with E-state index in [0.29, 0.717) is 12.2 Å². The maximum Gasteiger partial charge on any atom is 0.146 e. The first-order valence-electron chi connectivity index (χ1n) is 5.15. The highest BCUT2D eigenvalue weighted by atomic mass is 19.1. The maximum atomic E-state index is 13.4. The number of benzene rings is 1. The molecule has 2 N–H and O–H groups in total. The van der Waals surface area contributed by atoms with Crippen LogP contribution in [0.5, 0.6) is 0 Å². The number of nitrogens with zero attached hydrogens (tertiary/aromatic N) is 1. The number of aryl methyl sites for hydroxylation is 2. The number of anilines is 1. The molecular weight excluding hydrogens is 205 g/mol. The number of rotatable bonds is 3. The average molecular weight is 219 g/mol. The first-order chi connectivity index (χ1) is 7.66. The molecule has 0 atom stereocenters. The summed E-state index contributed by atoms with van der Waals surface area (Å²) in [5.41, 5.74) is 3.61. The van der Waals surface area contributed by atoms with Crippen molar-refractivity contribution in [3.63, 3.8) is 0 Å². The second-order valence-electron chi connectivity index (χ2n) is 3.86. The van der Waals surface area contributed by atoms with Gasteiger partial charge in [-0.05, 0) is 31.5 Å². The molecule has 4 heteroatoms. The molecule has 84 valence electrons. The van der Waals surface area contributed by atoms with Crippen LogP contribution in [0.2, 0.25) is 0 Å². The Morgan fingerprint density at radius 2 is 2.19 bits per heavy atom. The normalized spacial score (nSPS) is 10.4. The van der Waals surface area contributed by atoms with E-state index in [0.717, 1.165) is 16.8 Å². The highest BCUT2D eigenvalue weighted by molar-refractivity contribution is 5.47. The second kappa shape index (κ2) is 4.35. The SMILES string of the molecule is Cc1ccc(F)c(NCc2cn[nH]c2C)c1. The van der Waals surface area contributed by atoms with Gasteiger partial charge in [0.15, 0.2) is 0 Å². The zero-order valence-corrected chi connectivity index (χ0v) is 9.34. The van der Waals surface area contributed by atoms with Gasteiger partial charge >= 0.3 is 0 Å². The fraction of sp³-hybridized carbons (Fsp3) is 0.250. The van der Waals surface area contributed by atoms with Crippen molar-refractivity contribution in [3.8, 4) is 0 Å². The summed E-state index contributed by atoms with van der Waals surface area (Å²) >= 11 is 0. The predicted octanol–water partition coefficient (Wildman–Crippen LogP) is 2.78. The van der Waals surface area contributed by atoms with E-state index in [2.05, 4.69) is 15.5 Å². The van der Waals surface area contributed by atoms with Crippen molar-refractivity contribution in [2.75, 3.05) is 5.32 Å². The zero-order chi connectivity index (χ0) is 11.5. The van der Waals surface area contributed by atoms with Crippen LogP contribution in [0.15, 0.2) is 24.4 Å². The smallest absolute Gasteiger partial charge is 0.146 e. The minimum atomic E-state index is -0.230. The Bertz CT molecular complexity index is 491. The van der Waals surface area contributed by atoms with Crippen LogP contribution in [0.3, 0.4) is 0 Å². The van der Waals surface area contributed by atoms with Crippen molar-refractivity contribution in [3.05, 3.63) is 47.0 Å². The first kappa shape index (κ1) is 10.7. The Kier molecular flexibility index (Phi) is 2.90. The molecule has 0 spiro atoms. The molecule has 0 saturated carbocycles. The summed E-state index contributed by atoms with van der Waals surface area (Å²) in [5.74, 6) is -0.230. The molecule has 2 aromatic rings. The van der Waals surface area contributed by atoms with Crippen LogP contribution in [-0.2, 0) is 6.54 Å². The minimum absolute atomic E-state index is 0.230. The van der Waals surface area contributed by atoms with Crippen LogP contribution in [0, 0.1) is 19.7 Å². The fourth-order valence-corrected chi connectivity index (χ4v) is 1.52. The van der Waals surface area contributed by atoms with E-state index in [-0.39, 0.29) is 5.82 Å². The standard InChI is InChI=1S/C12H14FN3/c1-8-3-4-11(13)12(5-8)14-6-10-7-15-16-9(10)2/h3-5,7,14H,6H2,1-2H3,(H,15,16). The molecule has 16 heavy (non-hydrogen) atoms. The molecule has 0 radical (unpaired) electrons. The molecule has 1 heterocycles. The van der Waals surface area contributed by atoms with Crippen LogP contribution in [0.25, 0.3) is 0 Å². The van der Waals surface area contributed by atoms with Gasteiger partial charge in [-0.25, -0.2) is 4.39 Å². The third-order valence-corrected chi connectivity index (χ3v) is 2.53. The number of aromatic amines is 1. The predicted molar refractivity (Wildman–Crippen MR) is 61.8 cm³/mol. The summed E-state index contributed by atoms with van der Waals surface area (Å²) in [7, 11) is 0. The van der Waals surface area contributed by atoms with Gasteiger partial charge in [0, 0.05) is 17.8 Å². The lowest BCUT2D eigenvalue weighted by atomic mass is 10.2. The summed E-state index contributed by atoms with van der Waals surface area (Å²) < 4.78 is 13.4. The van der Waals surface area contributed by atoms with E-state index < -0.39 is 0 Å². The Morgan fingerprint density at radius 3 is 2.88 bits per heavy atom. The van der Waals surface area contributed by atoms with Crippen molar-refractivity contribution in [2.24, 2.45) is 0 Å². The summed E-state index contributed by atoms with van der Waals surface area (Å²) in [6.07, 6.45) is 1.75. The van der Waals surface area contributed by atoms with Crippen molar-refractivity contribution in [1.29, 1.82) is 0 Å². The number of nitrogens with one attached hydrogen (secondary N) is 2. The van der Waals surface area contributed by atoms with E-state index in [9.17, 15) is 4.39 Å². The van der Waals surface area contributed by atoms with Gasteiger partial charge in [-0.1, -0.05) is 6.07 Å². The molecule has 0 aliphatic heterocycles. The molecule has 3 nitrogen and oxygen atoms in total. The highest BCUT2D eigenvalue weighted by Gasteiger charge is 2.04. The van der Waals surface area contributed by atoms with Gasteiger partial charge in [0.25, 0.3) is 0 Å². The molecule has 1 aromatic carbocycles. The fourth-order valence-electron chi connectivity index (χ4n) is 1.52. The maximum absolute atomic E-state index is 13.4. The summed E-state index contributed by atoms with van der Waals surface area (Å²) in [6.45, 7) is 4.45. The Hall–Kier alpha value is -1.84. The molecular formula is C12H14FN3. The second-order valence-corrected chi connectivity index (χ2v) is 3.86. The molecule has 0 aliphatic rings. The topological polar surface area (TPSA) is 40.7 Å². The van der Waals surface area contributed by atoms with E-state index in [1.807, 2.05) is 13.8 Å². The van der Waals surface area contributed by atoms with Crippen LogP contribution in [0.4, 0.5) is 10.1 Å². The minimum Gasteiger partial charge on any atom is -0.378 e. The van der Waals surface area contributed by atoms with Crippen molar-refractivity contribution in [2.45, 2.75) is 20.4 Å². The largest absolute Gasteiger partial charge is 0.378 e. The van der Waals surface area contributed by atoms with Gasteiger partial charge < -0.3 is 5.32 Å². The molecule has 0 fully saturated rings. The number of aromatic nitrogens is 2. The van der Waals surface area contributed by atoms with Crippen LogP contribution in [0.1, 0.15) is 16.8 Å². The van der Waals surface area contributed by atoms with E-state index >= 15 is 0 Å². The van der Waals surface area contributed by atoms with Gasteiger partial charge in [-0.3, -0.25) is 5.10 Å². The summed E-state index contributed by atoms with van der Waals surface area (Å²) in [6, 6.07) is 5.02. The summed E-state index contributed by atoms with van der Waals surface area (Å²) in [4.78, 5) is 0. The number of hydrogen-bond donors (Lipinski definition) is 2. The van der Waals surface area contributed by atoms with Crippen LogP contribution in [-0.4, -0.2) is 10.2 Å². The van der Waals surface area contributed by atoms with Gasteiger partial charge in [0.2, 0.25) is 0 Å². The van der Waals surface area contributed by atoms with Gasteiger partial charge in [0.05, 0.1) is 11.9 Å². The lowest BCUT2D eigenvalue weighted by molar-refractivity contribution is 0.629. The Morgan fingerprint density at radius 1 is 1.38 bits per heavy atom. The van der Waals surface area contributed by atoms with E-state index in [4.69, 9.17) is 0 Å². The first-order valence-corrected chi connectivity index (χ1v) is 5.15. The summed E-state index contributed by atoms with van der Waals surface area (Å²) in [5, 5.41) is 9.82. The third kappa shape index (κ3) is 2.21. The third-order valence-electron chi connectivity index (χ3n) is 2.53. The molecule has 0 bridgehead atoms. The van der Waals surface area contributed by atoms with Crippen molar-refractivity contribution >= 4 is 5.69 Å². The van der Waals surface area contributed by atoms with Crippen molar-refractivity contribution in [1.82, 2.24) is 10.2 Å². The van der Waals surface area contributed by atoms with Gasteiger partial charge in [-0.2, -0.15) is 5.10 Å². The lowest BCUT2D eigenvalue weighted by Gasteiger charge is -2.07. The number of H-pyrrole nitrogens is 1.